The van der Waals surface area contributed by atoms with Crippen molar-refractivity contribution in [2.24, 2.45) is 0 Å². The van der Waals surface area contributed by atoms with Crippen LogP contribution in [0, 0.1) is 0 Å². The number of nitrogens with zero attached hydrogens (tertiary/aromatic N) is 1. The van der Waals surface area contributed by atoms with Crippen LogP contribution in [0.15, 0.2) is 103 Å². The third kappa shape index (κ3) is 8.12. The van der Waals surface area contributed by atoms with Crippen LogP contribution in [0.4, 0.5) is 4.79 Å². The second-order valence-electron chi connectivity index (χ2n) is 11.4. The Hall–Kier alpha value is -4.01. The molecule has 7 heteroatoms. The molecule has 7 nitrogen and oxygen atoms in total. The number of aliphatic hydroxyl groups is 1. The molecule has 0 aliphatic carbocycles. The Morgan fingerprint density at radius 1 is 0.864 bits per heavy atom. The number of hydrogen-bond donors (Lipinski definition) is 3. The predicted molar refractivity (Wildman–Crippen MR) is 174 cm³/mol. The number of carbonyl (C=O) groups excluding carboxylic acids is 1. The number of nitrogens with one attached hydrogen (secondary N) is 2. The van der Waals surface area contributed by atoms with Crippen LogP contribution in [0.5, 0.6) is 0 Å². The number of ether oxygens (including phenoxy) is 2. The van der Waals surface area contributed by atoms with Crippen molar-refractivity contribution in [2.45, 2.75) is 58.0 Å². The molecule has 0 bridgehead atoms. The monoisotopic (exact) mass is 593 g/mol. The third-order valence-corrected chi connectivity index (χ3v) is 8.26. The van der Waals surface area contributed by atoms with Crippen LogP contribution in [0.3, 0.4) is 0 Å². The quantitative estimate of drug-likeness (QED) is 0.176. The number of urea groups is 1. The number of hydrogen-bond acceptors (Lipinski definition) is 5. The van der Waals surface area contributed by atoms with Gasteiger partial charge in [0.2, 0.25) is 0 Å². The molecule has 0 aromatic heterocycles. The van der Waals surface area contributed by atoms with Crippen molar-refractivity contribution in [3.8, 4) is 11.1 Å². The molecule has 5 rings (SSSR count). The van der Waals surface area contributed by atoms with E-state index < -0.39 is 6.29 Å². The first-order valence-corrected chi connectivity index (χ1v) is 15.4. The molecule has 3 N–H and O–H groups in total. The molecule has 230 valence electrons. The largest absolute Gasteiger partial charge is 0.392 e. The van der Waals surface area contributed by atoms with Crippen LogP contribution in [-0.4, -0.2) is 42.3 Å². The number of amides is 2. The Morgan fingerprint density at radius 2 is 1.59 bits per heavy atom. The highest BCUT2D eigenvalue weighted by Crippen LogP contribution is 2.39. The molecular weight excluding hydrogens is 550 g/mol. The van der Waals surface area contributed by atoms with Crippen LogP contribution in [-0.2, 0) is 22.6 Å². The minimum Gasteiger partial charge on any atom is -0.392 e. The van der Waals surface area contributed by atoms with Gasteiger partial charge in [-0.3, -0.25) is 4.90 Å². The Balaban J connectivity index is 1.37. The first-order valence-electron chi connectivity index (χ1n) is 15.4. The molecule has 0 unspecified atom stereocenters. The minimum absolute atomic E-state index is 0.0122. The summed E-state index contributed by atoms with van der Waals surface area (Å²) in [5, 5.41) is 15.2. The summed E-state index contributed by atoms with van der Waals surface area (Å²) < 4.78 is 13.3. The number of likely N-dealkylation sites (N-methyl/N-ethyl adjacent to an activating group) is 1. The van der Waals surface area contributed by atoms with Gasteiger partial charge in [0.1, 0.15) is 0 Å². The van der Waals surface area contributed by atoms with Gasteiger partial charge in [0.15, 0.2) is 6.29 Å². The van der Waals surface area contributed by atoms with Gasteiger partial charge in [0.25, 0.3) is 0 Å². The number of carbonyl (C=O) groups is 1. The highest BCUT2D eigenvalue weighted by atomic mass is 16.7. The second-order valence-corrected chi connectivity index (χ2v) is 11.4. The summed E-state index contributed by atoms with van der Waals surface area (Å²) in [4.78, 5) is 14.2. The van der Waals surface area contributed by atoms with E-state index in [0.29, 0.717) is 13.1 Å². The highest BCUT2D eigenvalue weighted by molar-refractivity contribution is 5.74. The number of rotatable bonds is 11. The lowest BCUT2D eigenvalue weighted by Gasteiger charge is -2.39. The maximum absolute atomic E-state index is 11.9. The Bertz CT molecular complexity index is 1490. The van der Waals surface area contributed by atoms with Crippen molar-refractivity contribution in [3.05, 3.63) is 131 Å². The molecule has 1 aliphatic rings. The molecular formula is C37H43N3O4. The van der Waals surface area contributed by atoms with Crippen LogP contribution in [0.1, 0.15) is 66.5 Å². The molecule has 2 amide bonds. The lowest BCUT2D eigenvalue weighted by Crippen LogP contribution is -2.38. The molecule has 4 aromatic carbocycles. The van der Waals surface area contributed by atoms with Crippen molar-refractivity contribution in [1.29, 1.82) is 0 Å². The van der Waals surface area contributed by atoms with Gasteiger partial charge in [0.05, 0.1) is 18.8 Å². The van der Waals surface area contributed by atoms with Crippen LogP contribution < -0.4 is 10.6 Å². The van der Waals surface area contributed by atoms with E-state index >= 15 is 0 Å². The summed E-state index contributed by atoms with van der Waals surface area (Å²) in [7, 11) is 2.14. The fraction of sp³-hybridized carbons (Fsp3) is 0.324. The summed E-state index contributed by atoms with van der Waals surface area (Å²) in [6.45, 7) is 5.91. The van der Waals surface area contributed by atoms with Gasteiger partial charge in [-0.25, -0.2) is 4.79 Å². The molecule has 1 fully saturated rings. The SMILES string of the molecule is CCNC(=O)NCc1cccc(-c2cccc([C@H]3O[C@@H](CN(C)[C@@H](C)c4ccccc4)C[C@@H](c4ccc(CO)cc4)O3)c2)c1. The van der Waals surface area contributed by atoms with E-state index in [0.717, 1.165) is 46.3 Å². The lowest BCUT2D eigenvalue weighted by atomic mass is 9.98. The van der Waals surface area contributed by atoms with E-state index in [2.05, 4.69) is 84.1 Å². The Kier molecular flexibility index (Phi) is 10.8. The maximum atomic E-state index is 11.9. The molecule has 0 radical (unpaired) electrons. The number of aliphatic hydroxyl groups excluding tert-OH is 1. The summed E-state index contributed by atoms with van der Waals surface area (Å²) in [5.41, 5.74) is 7.30. The van der Waals surface area contributed by atoms with Crippen molar-refractivity contribution in [2.75, 3.05) is 20.1 Å². The molecule has 44 heavy (non-hydrogen) atoms. The van der Waals surface area contributed by atoms with Crippen LogP contribution in [0.25, 0.3) is 11.1 Å². The van der Waals surface area contributed by atoms with E-state index in [-0.39, 0.29) is 30.9 Å². The molecule has 0 saturated carbocycles. The molecule has 4 aromatic rings. The van der Waals surface area contributed by atoms with E-state index in [1.54, 1.807) is 0 Å². The van der Waals surface area contributed by atoms with Gasteiger partial charge in [-0.2, -0.15) is 0 Å². The summed E-state index contributed by atoms with van der Waals surface area (Å²) >= 11 is 0. The smallest absolute Gasteiger partial charge is 0.315 e. The second kappa shape index (κ2) is 15.1. The average molecular weight is 594 g/mol. The fourth-order valence-electron chi connectivity index (χ4n) is 5.63. The van der Waals surface area contributed by atoms with E-state index in [1.807, 2.05) is 55.5 Å². The van der Waals surface area contributed by atoms with Gasteiger partial charge in [-0.05, 0) is 66.4 Å². The third-order valence-electron chi connectivity index (χ3n) is 8.26. The van der Waals surface area contributed by atoms with E-state index in [1.165, 1.54) is 5.56 Å². The van der Waals surface area contributed by atoms with Crippen molar-refractivity contribution in [3.63, 3.8) is 0 Å². The van der Waals surface area contributed by atoms with Crippen molar-refractivity contribution < 1.29 is 19.4 Å². The van der Waals surface area contributed by atoms with Gasteiger partial charge in [-0.1, -0.05) is 91.0 Å². The van der Waals surface area contributed by atoms with Crippen LogP contribution in [0.2, 0.25) is 0 Å². The topological polar surface area (TPSA) is 83.1 Å². The summed E-state index contributed by atoms with van der Waals surface area (Å²) in [5.74, 6) is 0. The zero-order valence-electron chi connectivity index (χ0n) is 25.8. The highest BCUT2D eigenvalue weighted by Gasteiger charge is 2.33. The van der Waals surface area contributed by atoms with E-state index in [9.17, 15) is 9.90 Å². The summed E-state index contributed by atoms with van der Waals surface area (Å²) in [6, 6.07) is 35.1. The minimum atomic E-state index is -0.542. The maximum Gasteiger partial charge on any atom is 0.315 e. The van der Waals surface area contributed by atoms with Gasteiger partial charge in [-0.15, -0.1) is 0 Å². The van der Waals surface area contributed by atoms with Gasteiger partial charge >= 0.3 is 6.03 Å². The molecule has 1 heterocycles. The lowest BCUT2D eigenvalue weighted by molar-refractivity contribution is -0.253. The number of benzene rings is 4. The molecule has 0 spiro atoms. The fourth-order valence-corrected chi connectivity index (χ4v) is 5.63. The first-order chi connectivity index (χ1) is 21.4. The Morgan fingerprint density at radius 3 is 2.32 bits per heavy atom. The predicted octanol–water partition coefficient (Wildman–Crippen LogP) is 6.90. The van der Waals surface area contributed by atoms with Crippen molar-refractivity contribution in [1.82, 2.24) is 15.5 Å². The zero-order valence-corrected chi connectivity index (χ0v) is 25.8. The normalized spacial score (nSPS) is 19.0. The molecule has 1 aliphatic heterocycles. The summed E-state index contributed by atoms with van der Waals surface area (Å²) in [6.07, 6.45) is -0.0282. The Labute approximate surface area is 260 Å². The van der Waals surface area contributed by atoms with Crippen molar-refractivity contribution >= 4 is 6.03 Å². The van der Waals surface area contributed by atoms with Gasteiger partial charge in [0, 0.05) is 37.7 Å². The van der Waals surface area contributed by atoms with Crippen LogP contribution >= 0.6 is 0 Å². The van der Waals surface area contributed by atoms with Gasteiger partial charge < -0.3 is 25.2 Å². The standard InChI is InChI=1S/C37H43N3O4/c1-4-38-37(42)39-23-28-10-8-13-31(20-28)32-14-9-15-33(21-32)36-43-34(24-40(3)26(2)29-11-6-5-7-12-29)22-35(44-36)30-18-16-27(25-41)17-19-30/h5-21,26,34-36,41H,4,22-25H2,1-3H3,(H2,38,39,42)/t26-,34+,35-,36-/m0/s1. The molecule has 1 saturated heterocycles. The van der Waals surface area contributed by atoms with E-state index in [4.69, 9.17) is 9.47 Å². The average Bonchev–Trinajstić information content (AvgIpc) is 3.07. The first kappa shape index (κ1) is 31.4. The molecule has 4 atom stereocenters. The zero-order chi connectivity index (χ0) is 30.9.